The lowest BCUT2D eigenvalue weighted by molar-refractivity contribution is 0.601. The normalized spacial score (nSPS) is 11.5. The average Bonchev–Trinajstić information content (AvgIpc) is 2.74. The van der Waals surface area contributed by atoms with Crippen LogP contribution in [0.5, 0.6) is 0 Å². The minimum Gasteiger partial charge on any atom is -0.326 e. The molecule has 0 saturated heterocycles. The standard InChI is InChI=1S/C11H12ClN3O2S2/c1-7-6-18-11(14-7)15-19(16,17)10-4-8(5-13)2-3-9(10)12/h2-4,6H,5,13H2,1H3,(H,14,15). The molecule has 0 fully saturated rings. The third kappa shape index (κ3) is 3.24. The predicted molar refractivity (Wildman–Crippen MR) is 77.0 cm³/mol. The highest BCUT2D eigenvalue weighted by Crippen LogP contribution is 2.26. The highest BCUT2D eigenvalue weighted by atomic mass is 35.5. The van der Waals surface area contributed by atoms with E-state index in [2.05, 4.69) is 9.71 Å². The minimum atomic E-state index is -3.75. The number of aryl methyl sites for hydroxylation is 1. The van der Waals surface area contributed by atoms with Gasteiger partial charge in [0.15, 0.2) is 5.13 Å². The Morgan fingerprint density at radius 2 is 2.21 bits per heavy atom. The van der Waals surface area contributed by atoms with Crippen LogP contribution < -0.4 is 10.5 Å². The number of nitrogens with one attached hydrogen (secondary N) is 1. The zero-order valence-corrected chi connectivity index (χ0v) is 12.4. The first-order valence-electron chi connectivity index (χ1n) is 5.36. The van der Waals surface area contributed by atoms with Crippen LogP contribution in [-0.2, 0) is 16.6 Å². The van der Waals surface area contributed by atoms with Crippen LogP contribution in [0.25, 0.3) is 0 Å². The second-order valence-electron chi connectivity index (χ2n) is 3.87. The molecule has 0 unspecified atom stereocenters. The quantitative estimate of drug-likeness (QED) is 0.906. The first-order valence-corrected chi connectivity index (χ1v) is 8.10. The van der Waals surface area contributed by atoms with Crippen LogP contribution in [0.15, 0.2) is 28.5 Å². The van der Waals surface area contributed by atoms with Crippen LogP contribution in [0.4, 0.5) is 5.13 Å². The lowest BCUT2D eigenvalue weighted by atomic mass is 10.2. The molecule has 0 aliphatic rings. The summed E-state index contributed by atoms with van der Waals surface area (Å²) in [7, 11) is -3.75. The van der Waals surface area contributed by atoms with Crippen LogP contribution in [0.3, 0.4) is 0 Å². The number of hydrogen-bond donors (Lipinski definition) is 2. The zero-order chi connectivity index (χ0) is 14.0. The Balaban J connectivity index is 2.39. The molecule has 0 saturated carbocycles. The molecule has 0 aliphatic heterocycles. The predicted octanol–water partition coefficient (Wildman–Crippen LogP) is 2.36. The Morgan fingerprint density at radius 3 is 2.79 bits per heavy atom. The molecule has 0 aliphatic carbocycles. The average molecular weight is 318 g/mol. The van der Waals surface area contributed by atoms with Crippen molar-refractivity contribution >= 4 is 38.1 Å². The molecule has 102 valence electrons. The molecule has 1 heterocycles. The highest BCUT2D eigenvalue weighted by Gasteiger charge is 2.19. The fourth-order valence-electron chi connectivity index (χ4n) is 1.45. The van der Waals surface area contributed by atoms with Gasteiger partial charge in [0.1, 0.15) is 4.90 Å². The number of sulfonamides is 1. The first-order chi connectivity index (χ1) is 8.92. The summed E-state index contributed by atoms with van der Waals surface area (Å²) in [6.07, 6.45) is 0. The van der Waals surface area contributed by atoms with Crippen molar-refractivity contribution in [1.82, 2.24) is 4.98 Å². The largest absolute Gasteiger partial charge is 0.326 e. The van der Waals surface area contributed by atoms with Crippen molar-refractivity contribution in [2.24, 2.45) is 5.73 Å². The fourth-order valence-corrected chi connectivity index (χ4v) is 3.94. The molecule has 0 bridgehead atoms. The monoisotopic (exact) mass is 317 g/mol. The Kier molecular flexibility index (Phi) is 4.10. The van der Waals surface area contributed by atoms with Crippen LogP contribution in [0, 0.1) is 6.92 Å². The summed E-state index contributed by atoms with van der Waals surface area (Å²) in [5.41, 5.74) is 6.95. The van der Waals surface area contributed by atoms with Gasteiger partial charge < -0.3 is 5.73 Å². The van der Waals surface area contributed by atoms with Gasteiger partial charge in [-0.3, -0.25) is 4.72 Å². The number of anilines is 1. The van der Waals surface area contributed by atoms with E-state index in [1.54, 1.807) is 18.4 Å². The number of nitrogens with two attached hydrogens (primary N) is 1. The van der Waals surface area contributed by atoms with Crippen LogP contribution >= 0.6 is 22.9 Å². The number of aromatic nitrogens is 1. The maximum atomic E-state index is 12.2. The summed E-state index contributed by atoms with van der Waals surface area (Å²) in [4.78, 5) is 4.06. The van der Waals surface area contributed by atoms with Crippen molar-refractivity contribution in [3.05, 3.63) is 39.9 Å². The van der Waals surface area contributed by atoms with Crippen molar-refractivity contribution in [1.29, 1.82) is 0 Å². The van der Waals surface area contributed by atoms with E-state index in [-0.39, 0.29) is 16.5 Å². The molecule has 0 atom stereocenters. The van der Waals surface area contributed by atoms with Gasteiger partial charge in [-0.1, -0.05) is 17.7 Å². The number of rotatable bonds is 4. The number of halogens is 1. The summed E-state index contributed by atoms with van der Waals surface area (Å²) >= 11 is 7.15. The number of nitrogens with zero attached hydrogens (tertiary/aromatic N) is 1. The van der Waals surface area contributed by atoms with Gasteiger partial charge in [0.25, 0.3) is 10.0 Å². The molecule has 2 rings (SSSR count). The van der Waals surface area contributed by atoms with Gasteiger partial charge in [-0.25, -0.2) is 13.4 Å². The first kappa shape index (κ1) is 14.3. The molecule has 0 radical (unpaired) electrons. The maximum absolute atomic E-state index is 12.2. The zero-order valence-electron chi connectivity index (χ0n) is 10.1. The van der Waals surface area contributed by atoms with Crippen LogP contribution in [0.1, 0.15) is 11.3 Å². The molecule has 8 heteroatoms. The molecule has 0 spiro atoms. The van der Waals surface area contributed by atoms with E-state index in [1.165, 1.54) is 23.5 Å². The van der Waals surface area contributed by atoms with Crippen molar-refractivity contribution in [3.63, 3.8) is 0 Å². The van der Waals surface area contributed by atoms with E-state index in [1.807, 2.05) is 0 Å². The Morgan fingerprint density at radius 1 is 1.47 bits per heavy atom. The van der Waals surface area contributed by atoms with Crippen LogP contribution in [0.2, 0.25) is 5.02 Å². The smallest absolute Gasteiger partial charge is 0.265 e. The van der Waals surface area contributed by atoms with Crippen molar-refractivity contribution in [2.45, 2.75) is 18.4 Å². The lowest BCUT2D eigenvalue weighted by Crippen LogP contribution is -2.14. The van der Waals surface area contributed by atoms with Gasteiger partial charge in [0.05, 0.1) is 10.7 Å². The second kappa shape index (κ2) is 5.46. The van der Waals surface area contributed by atoms with Gasteiger partial charge >= 0.3 is 0 Å². The minimum absolute atomic E-state index is 0.00460. The molecule has 1 aromatic heterocycles. The fraction of sp³-hybridized carbons (Fsp3) is 0.182. The van der Waals surface area contributed by atoms with Gasteiger partial charge in [0.2, 0.25) is 0 Å². The van der Waals surface area contributed by atoms with E-state index >= 15 is 0 Å². The second-order valence-corrected chi connectivity index (χ2v) is 6.78. The van der Waals surface area contributed by atoms with Crippen molar-refractivity contribution in [3.8, 4) is 0 Å². The van der Waals surface area contributed by atoms with Gasteiger partial charge in [-0.2, -0.15) is 0 Å². The van der Waals surface area contributed by atoms with E-state index in [9.17, 15) is 8.42 Å². The highest BCUT2D eigenvalue weighted by molar-refractivity contribution is 7.93. The van der Waals surface area contributed by atoms with Crippen molar-refractivity contribution < 1.29 is 8.42 Å². The number of benzene rings is 1. The van der Waals surface area contributed by atoms with Gasteiger partial charge in [-0.15, -0.1) is 11.3 Å². The Bertz CT molecular complexity index is 698. The topological polar surface area (TPSA) is 85.1 Å². The third-order valence-corrected chi connectivity index (χ3v) is 5.19. The van der Waals surface area contributed by atoms with E-state index in [4.69, 9.17) is 17.3 Å². The summed E-state index contributed by atoms with van der Waals surface area (Å²) in [6.45, 7) is 2.03. The summed E-state index contributed by atoms with van der Waals surface area (Å²) in [5, 5.41) is 2.22. The molecule has 1 aromatic carbocycles. The molecular formula is C11H12ClN3O2S2. The van der Waals surface area contributed by atoms with Gasteiger partial charge in [-0.05, 0) is 24.6 Å². The van der Waals surface area contributed by atoms with Crippen LogP contribution in [-0.4, -0.2) is 13.4 Å². The molecule has 0 amide bonds. The molecule has 3 N–H and O–H groups in total. The number of thiazole rings is 1. The maximum Gasteiger partial charge on any atom is 0.265 e. The SMILES string of the molecule is Cc1csc(NS(=O)(=O)c2cc(CN)ccc2Cl)n1. The van der Waals surface area contributed by atoms with E-state index in [0.717, 1.165) is 5.69 Å². The van der Waals surface area contributed by atoms with Gasteiger partial charge in [0, 0.05) is 11.9 Å². The summed E-state index contributed by atoms with van der Waals surface area (Å²) in [5.74, 6) is 0. The number of hydrogen-bond acceptors (Lipinski definition) is 5. The third-order valence-electron chi connectivity index (χ3n) is 2.36. The molecular weight excluding hydrogens is 306 g/mol. The van der Waals surface area contributed by atoms with Crippen molar-refractivity contribution in [2.75, 3.05) is 4.72 Å². The van der Waals surface area contributed by atoms with E-state index in [0.29, 0.717) is 10.7 Å². The summed E-state index contributed by atoms with van der Waals surface area (Å²) < 4.78 is 26.9. The Labute approximate surface area is 120 Å². The Hall–Kier alpha value is -1.15. The molecule has 19 heavy (non-hydrogen) atoms. The van der Waals surface area contributed by atoms with E-state index < -0.39 is 10.0 Å². The summed E-state index contributed by atoms with van der Waals surface area (Å²) in [6, 6.07) is 4.67. The lowest BCUT2D eigenvalue weighted by Gasteiger charge is -2.08. The molecule has 5 nitrogen and oxygen atoms in total. The molecule has 2 aromatic rings.